The molecule has 2 rings (SSSR count). The summed E-state index contributed by atoms with van der Waals surface area (Å²) >= 11 is 3.18. The molecular weight excluding hydrogens is 378 g/mol. The number of benzene rings is 1. The van der Waals surface area contributed by atoms with Crippen LogP contribution in [0.5, 0.6) is 5.75 Å². The van der Waals surface area contributed by atoms with Gasteiger partial charge in [0.15, 0.2) is 0 Å². The summed E-state index contributed by atoms with van der Waals surface area (Å²) in [5.41, 5.74) is -0.210. The van der Waals surface area contributed by atoms with Crippen molar-refractivity contribution in [1.29, 1.82) is 0 Å². The first-order valence-electron chi connectivity index (χ1n) is 6.79. The highest BCUT2D eigenvalue weighted by atomic mass is 79.9. The largest absolute Gasteiger partial charge is 0.494 e. The van der Waals surface area contributed by atoms with Gasteiger partial charge in [-0.1, -0.05) is 6.58 Å². The summed E-state index contributed by atoms with van der Waals surface area (Å²) in [4.78, 5) is 1.08. The smallest absolute Gasteiger partial charge is 0.256 e. The Morgan fingerprint density at radius 1 is 1.22 bits per heavy atom. The summed E-state index contributed by atoms with van der Waals surface area (Å²) in [7, 11) is 0. The molecule has 0 unspecified atom stereocenters. The lowest BCUT2D eigenvalue weighted by Crippen LogP contribution is -2.29. The molecule has 7 heteroatoms. The molecule has 0 aromatic heterocycles. The Balaban J connectivity index is 2.51. The van der Waals surface area contributed by atoms with E-state index in [9.17, 15) is 17.6 Å². The van der Waals surface area contributed by atoms with Gasteiger partial charge in [0.05, 0.1) is 24.4 Å². The lowest BCUT2D eigenvalue weighted by Gasteiger charge is -2.31. The van der Waals surface area contributed by atoms with Crippen LogP contribution in [0, 0.1) is 11.6 Å². The molecule has 0 aliphatic carbocycles. The first-order valence-corrected chi connectivity index (χ1v) is 7.59. The molecule has 1 aliphatic heterocycles. The van der Waals surface area contributed by atoms with Gasteiger partial charge in [-0.2, -0.15) is 0 Å². The molecular formula is C16H14BrF4NO. The van der Waals surface area contributed by atoms with Gasteiger partial charge < -0.3 is 9.64 Å². The van der Waals surface area contributed by atoms with E-state index in [1.807, 2.05) is 0 Å². The summed E-state index contributed by atoms with van der Waals surface area (Å²) in [5.74, 6) is -1.74. The molecule has 1 aromatic carbocycles. The molecule has 2 nitrogen and oxygen atoms in total. The van der Waals surface area contributed by atoms with Gasteiger partial charge in [0.2, 0.25) is 0 Å². The normalized spacial score (nSPS) is 14.9. The van der Waals surface area contributed by atoms with Gasteiger partial charge in [-0.3, -0.25) is 0 Å². The Kier molecular flexibility index (Phi) is 5.51. The van der Waals surface area contributed by atoms with E-state index in [-0.39, 0.29) is 23.8 Å². The summed E-state index contributed by atoms with van der Waals surface area (Å²) in [5, 5.41) is 0. The quantitative estimate of drug-likeness (QED) is 0.649. The highest BCUT2D eigenvalue weighted by molar-refractivity contribution is 9.12. The van der Waals surface area contributed by atoms with Crippen LogP contribution in [-0.2, 0) is 0 Å². The maximum absolute atomic E-state index is 14.3. The van der Waals surface area contributed by atoms with Crippen molar-refractivity contribution in [3.63, 3.8) is 0 Å². The van der Waals surface area contributed by atoms with Crippen LogP contribution in [0.25, 0.3) is 5.70 Å². The molecule has 0 fully saturated rings. The summed E-state index contributed by atoms with van der Waals surface area (Å²) < 4.78 is 59.8. The average molecular weight is 392 g/mol. The molecule has 1 aliphatic rings. The highest BCUT2D eigenvalue weighted by Crippen LogP contribution is 2.36. The zero-order valence-electron chi connectivity index (χ0n) is 12.3. The van der Waals surface area contributed by atoms with Crippen molar-refractivity contribution in [2.75, 3.05) is 13.2 Å². The Labute approximate surface area is 139 Å². The van der Waals surface area contributed by atoms with Gasteiger partial charge in [0.1, 0.15) is 17.4 Å². The maximum atomic E-state index is 14.3. The van der Waals surface area contributed by atoms with Gasteiger partial charge in [-0.25, -0.2) is 17.6 Å². The van der Waals surface area contributed by atoms with E-state index < -0.39 is 30.2 Å². The minimum Gasteiger partial charge on any atom is -0.494 e. The SMILES string of the molecule is C=C1C(Br)=CC=C(c2c(F)cc(OCC)cc2F)N1CC(F)F. The Bertz CT molecular complexity index is 662. The lowest BCUT2D eigenvalue weighted by atomic mass is 10.0. The Morgan fingerprint density at radius 3 is 2.35 bits per heavy atom. The number of nitrogens with zero attached hydrogens (tertiary/aromatic N) is 1. The van der Waals surface area contributed by atoms with Crippen molar-refractivity contribution in [3.8, 4) is 5.75 Å². The topological polar surface area (TPSA) is 12.5 Å². The fourth-order valence-electron chi connectivity index (χ4n) is 2.22. The number of rotatable bonds is 5. The van der Waals surface area contributed by atoms with Crippen molar-refractivity contribution in [1.82, 2.24) is 4.90 Å². The molecule has 0 spiro atoms. The fourth-order valence-corrected chi connectivity index (χ4v) is 2.57. The zero-order valence-corrected chi connectivity index (χ0v) is 13.8. The van der Waals surface area contributed by atoms with Crippen molar-refractivity contribution in [2.45, 2.75) is 13.3 Å². The first kappa shape index (κ1) is 17.6. The minimum atomic E-state index is -2.69. The summed E-state index contributed by atoms with van der Waals surface area (Å²) in [6.07, 6.45) is 0.181. The second kappa shape index (κ2) is 7.21. The van der Waals surface area contributed by atoms with Crippen molar-refractivity contribution < 1.29 is 22.3 Å². The molecule has 0 radical (unpaired) electrons. The van der Waals surface area contributed by atoms with Crippen LogP contribution in [-0.4, -0.2) is 24.5 Å². The molecule has 1 aromatic rings. The van der Waals surface area contributed by atoms with Crippen molar-refractivity contribution >= 4 is 21.6 Å². The van der Waals surface area contributed by atoms with E-state index in [1.54, 1.807) is 6.92 Å². The number of hydrogen-bond donors (Lipinski definition) is 0. The number of allylic oxidation sites excluding steroid dienone is 3. The zero-order chi connectivity index (χ0) is 17.1. The third-order valence-electron chi connectivity index (χ3n) is 3.18. The van der Waals surface area contributed by atoms with E-state index in [1.165, 1.54) is 12.2 Å². The van der Waals surface area contributed by atoms with Crippen LogP contribution in [0.3, 0.4) is 0 Å². The third-order valence-corrected chi connectivity index (χ3v) is 3.91. The van der Waals surface area contributed by atoms with Crippen LogP contribution in [0.1, 0.15) is 12.5 Å². The first-order chi connectivity index (χ1) is 10.8. The van der Waals surface area contributed by atoms with Gasteiger partial charge >= 0.3 is 0 Å². The van der Waals surface area contributed by atoms with Gasteiger partial charge in [-0.05, 0) is 35.0 Å². The van der Waals surface area contributed by atoms with E-state index in [0.717, 1.165) is 17.0 Å². The van der Waals surface area contributed by atoms with Gasteiger partial charge in [0, 0.05) is 22.3 Å². The van der Waals surface area contributed by atoms with E-state index in [2.05, 4.69) is 22.5 Å². The van der Waals surface area contributed by atoms with Crippen LogP contribution in [0.2, 0.25) is 0 Å². The number of alkyl halides is 2. The van der Waals surface area contributed by atoms with Crippen LogP contribution >= 0.6 is 15.9 Å². The Morgan fingerprint density at radius 2 is 1.83 bits per heavy atom. The van der Waals surface area contributed by atoms with Gasteiger partial charge in [0.25, 0.3) is 6.43 Å². The van der Waals surface area contributed by atoms with Gasteiger partial charge in [-0.15, -0.1) is 0 Å². The summed E-state index contributed by atoms with van der Waals surface area (Å²) in [6.45, 7) is 4.90. The molecule has 124 valence electrons. The van der Waals surface area contributed by atoms with Crippen LogP contribution in [0.15, 0.2) is 41.0 Å². The van der Waals surface area contributed by atoms with E-state index in [4.69, 9.17) is 4.74 Å². The summed E-state index contributed by atoms with van der Waals surface area (Å²) in [6, 6.07) is 2.05. The van der Waals surface area contributed by atoms with Crippen molar-refractivity contribution in [2.24, 2.45) is 0 Å². The second-order valence-corrected chi connectivity index (χ2v) is 5.56. The molecule has 0 N–H and O–H groups in total. The average Bonchev–Trinajstić information content (AvgIpc) is 2.45. The molecule has 0 saturated carbocycles. The lowest BCUT2D eigenvalue weighted by molar-refractivity contribution is 0.123. The second-order valence-electron chi connectivity index (χ2n) is 4.71. The standard InChI is InChI=1S/C16H14BrF4NO/c1-3-23-10-6-12(18)16(13(19)7-10)14-5-4-11(17)9(2)22(14)8-15(20)21/h4-7,15H,2-3,8H2,1H3. The molecule has 0 amide bonds. The molecule has 0 bridgehead atoms. The minimum absolute atomic E-state index is 0.0171. The molecule has 0 atom stereocenters. The van der Waals surface area contributed by atoms with Crippen LogP contribution in [0.4, 0.5) is 17.6 Å². The third kappa shape index (κ3) is 3.77. The predicted molar refractivity (Wildman–Crippen MR) is 84.4 cm³/mol. The van der Waals surface area contributed by atoms with Crippen molar-refractivity contribution in [3.05, 3.63) is 58.2 Å². The molecule has 23 heavy (non-hydrogen) atoms. The number of ether oxygens (including phenoxy) is 1. The maximum Gasteiger partial charge on any atom is 0.256 e. The fraction of sp³-hybridized carbons (Fsp3) is 0.250. The monoisotopic (exact) mass is 391 g/mol. The Hall–Kier alpha value is -1.76. The molecule has 0 saturated heterocycles. The highest BCUT2D eigenvalue weighted by Gasteiger charge is 2.27. The predicted octanol–water partition coefficient (Wildman–Crippen LogP) is 5.08. The van der Waals surface area contributed by atoms with E-state index >= 15 is 0 Å². The van der Waals surface area contributed by atoms with E-state index in [0.29, 0.717) is 4.48 Å². The number of hydrogen-bond acceptors (Lipinski definition) is 2. The number of halogens is 5. The molecule has 1 heterocycles. The van der Waals surface area contributed by atoms with Crippen LogP contribution < -0.4 is 4.74 Å².